The molecule has 0 saturated heterocycles. The Kier molecular flexibility index (Phi) is 3.04. The minimum atomic E-state index is 0.178. The first-order valence-corrected chi connectivity index (χ1v) is 7.86. The van der Waals surface area contributed by atoms with Crippen LogP contribution in [0, 0.1) is 0 Å². The van der Waals surface area contributed by atoms with E-state index in [1.54, 1.807) is 22.7 Å². The van der Waals surface area contributed by atoms with Crippen LogP contribution in [0.4, 0.5) is 0 Å². The van der Waals surface area contributed by atoms with Gasteiger partial charge in [0.2, 0.25) is 0 Å². The summed E-state index contributed by atoms with van der Waals surface area (Å²) in [4.78, 5) is 13.9. The van der Waals surface area contributed by atoms with Gasteiger partial charge in [0.05, 0.1) is 9.21 Å². The molecule has 3 aromatic rings. The largest absolute Gasteiger partial charge is 0.293 e. The van der Waals surface area contributed by atoms with Crippen LogP contribution in [0.2, 0.25) is 4.34 Å². The molecular weight excluding hydrogens is 292 g/mol. The van der Waals surface area contributed by atoms with E-state index in [0.717, 1.165) is 14.1 Å². The number of fused-ring (bicyclic) bond motifs is 1. The van der Waals surface area contributed by atoms with Crippen LogP contribution in [-0.2, 0) is 6.42 Å². The van der Waals surface area contributed by atoms with Crippen LogP contribution in [0.15, 0.2) is 29.6 Å². The lowest BCUT2D eigenvalue weighted by atomic mass is 10.2. The van der Waals surface area contributed by atoms with Gasteiger partial charge in [0.15, 0.2) is 5.78 Å². The molecule has 1 nitrogen and oxygen atoms in total. The number of hydrogen-bond acceptors (Lipinski definition) is 4. The van der Waals surface area contributed by atoms with E-state index in [9.17, 15) is 4.79 Å². The van der Waals surface area contributed by atoms with Gasteiger partial charge >= 0.3 is 0 Å². The third-order valence-corrected chi connectivity index (χ3v) is 5.74. The number of thiophene rings is 3. The summed E-state index contributed by atoms with van der Waals surface area (Å²) in [5.74, 6) is 0.178. The maximum Gasteiger partial charge on any atom is 0.178 e. The van der Waals surface area contributed by atoms with E-state index in [-0.39, 0.29) is 5.78 Å². The van der Waals surface area contributed by atoms with Crippen LogP contribution in [0.1, 0.15) is 14.5 Å². The molecular formula is C12H7ClOS3. The molecule has 0 N–H and O–H groups in total. The summed E-state index contributed by atoms with van der Waals surface area (Å²) in [6.45, 7) is 0. The fourth-order valence-electron chi connectivity index (χ4n) is 1.60. The Bertz CT molecular complexity index is 648. The highest BCUT2D eigenvalue weighted by molar-refractivity contribution is 7.28. The smallest absolute Gasteiger partial charge is 0.178 e. The van der Waals surface area contributed by atoms with Gasteiger partial charge in [-0.3, -0.25) is 4.79 Å². The molecule has 0 saturated carbocycles. The molecule has 0 aliphatic rings. The summed E-state index contributed by atoms with van der Waals surface area (Å²) in [5, 5.41) is 2.05. The fraction of sp³-hybridized carbons (Fsp3) is 0.0833. The van der Waals surface area contributed by atoms with Gasteiger partial charge < -0.3 is 0 Å². The molecule has 0 amide bonds. The first-order chi connectivity index (χ1) is 8.22. The van der Waals surface area contributed by atoms with Crippen molar-refractivity contribution in [1.82, 2.24) is 0 Å². The summed E-state index contributed by atoms with van der Waals surface area (Å²) in [7, 11) is 0. The lowest BCUT2D eigenvalue weighted by molar-refractivity contribution is 0.0998. The molecule has 0 fully saturated rings. The van der Waals surface area contributed by atoms with E-state index in [1.165, 1.54) is 20.7 Å². The van der Waals surface area contributed by atoms with Crippen LogP contribution in [0.3, 0.4) is 0 Å². The molecule has 0 aliphatic carbocycles. The normalized spacial score (nSPS) is 11.1. The summed E-state index contributed by atoms with van der Waals surface area (Å²) in [6.07, 6.45) is 0.450. The van der Waals surface area contributed by atoms with E-state index in [0.29, 0.717) is 6.42 Å². The first-order valence-electron chi connectivity index (χ1n) is 4.97. The molecule has 3 heterocycles. The van der Waals surface area contributed by atoms with Gasteiger partial charge in [0.1, 0.15) is 0 Å². The van der Waals surface area contributed by atoms with Crippen molar-refractivity contribution in [3.63, 3.8) is 0 Å². The number of carbonyl (C=O) groups is 1. The maximum atomic E-state index is 12.1. The quantitative estimate of drug-likeness (QED) is 0.615. The van der Waals surface area contributed by atoms with Crippen molar-refractivity contribution in [2.75, 3.05) is 0 Å². The Morgan fingerprint density at radius 1 is 1.18 bits per heavy atom. The maximum absolute atomic E-state index is 12.1. The molecule has 86 valence electrons. The highest BCUT2D eigenvalue weighted by Crippen LogP contribution is 2.31. The lowest BCUT2D eigenvalue weighted by Gasteiger charge is -1.93. The third kappa shape index (κ3) is 2.31. The van der Waals surface area contributed by atoms with E-state index in [2.05, 4.69) is 11.4 Å². The standard InChI is InChI=1S/C12H7ClOS3/c13-12-2-1-7(16-12)5-8(14)10-6-11-9(17-10)3-4-15-11/h1-4,6H,5H2. The van der Waals surface area contributed by atoms with Crippen molar-refractivity contribution in [3.05, 3.63) is 43.7 Å². The van der Waals surface area contributed by atoms with Gasteiger partial charge in [0.25, 0.3) is 0 Å². The number of ketones is 1. The molecule has 3 rings (SSSR count). The predicted molar refractivity (Wildman–Crippen MR) is 77.1 cm³/mol. The van der Waals surface area contributed by atoms with Crippen LogP contribution in [-0.4, -0.2) is 5.78 Å². The first kappa shape index (κ1) is 11.4. The van der Waals surface area contributed by atoms with Gasteiger partial charge in [-0.25, -0.2) is 0 Å². The van der Waals surface area contributed by atoms with E-state index >= 15 is 0 Å². The Balaban J connectivity index is 1.84. The van der Waals surface area contributed by atoms with Crippen LogP contribution in [0.25, 0.3) is 9.40 Å². The zero-order chi connectivity index (χ0) is 11.8. The Labute approximate surface area is 115 Å². The zero-order valence-corrected chi connectivity index (χ0v) is 11.8. The van der Waals surface area contributed by atoms with Crippen LogP contribution < -0.4 is 0 Å². The second kappa shape index (κ2) is 4.53. The number of halogens is 1. The summed E-state index contributed by atoms with van der Waals surface area (Å²) < 4.78 is 3.13. The molecule has 0 aliphatic heterocycles. The SMILES string of the molecule is O=C(Cc1ccc(Cl)s1)c1cc2sccc2s1. The Morgan fingerprint density at radius 3 is 2.76 bits per heavy atom. The van der Waals surface area contributed by atoms with Crippen LogP contribution in [0.5, 0.6) is 0 Å². The monoisotopic (exact) mass is 298 g/mol. The average molecular weight is 299 g/mol. The van der Waals surface area contributed by atoms with Crippen molar-refractivity contribution < 1.29 is 4.79 Å². The van der Waals surface area contributed by atoms with Crippen LogP contribution >= 0.6 is 45.6 Å². The molecule has 0 bridgehead atoms. The summed E-state index contributed by atoms with van der Waals surface area (Å²) in [5.41, 5.74) is 0. The van der Waals surface area contributed by atoms with Crippen molar-refractivity contribution in [2.45, 2.75) is 6.42 Å². The lowest BCUT2D eigenvalue weighted by Crippen LogP contribution is -1.98. The topological polar surface area (TPSA) is 17.1 Å². The number of rotatable bonds is 3. The highest BCUT2D eigenvalue weighted by atomic mass is 35.5. The average Bonchev–Trinajstić information content (AvgIpc) is 2.92. The molecule has 3 aromatic heterocycles. The molecule has 0 unspecified atom stereocenters. The number of carbonyl (C=O) groups excluding carboxylic acids is 1. The van der Waals surface area contributed by atoms with Crippen molar-refractivity contribution >= 4 is 60.8 Å². The minimum absolute atomic E-state index is 0.178. The Morgan fingerprint density at radius 2 is 2.06 bits per heavy atom. The van der Waals surface area contributed by atoms with Crippen molar-refractivity contribution in [1.29, 1.82) is 0 Å². The van der Waals surface area contributed by atoms with E-state index in [1.807, 2.05) is 18.2 Å². The van der Waals surface area contributed by atoms with E-state index in [4.69, 9.17) is 11.6 Å². The van der Waals surface area contributed by atoms with Gasteiger partial charge in [-0.05, 0) is 29.6 Å². The summed E-state index contributed by atoms with van der Waals surface area (Å²) in [6, 6.07) is 7.80. The molecule has 0 aromatic carbocycles. The van der Waals surface area contributed by atoms with Crippen molar-refractivity contribution in [3.8, 4) is 0 Å². The Hall–Kier alpha value is -0.680. The minimum Gasteiger partial charge on any atom is -0.293 e. The zero-order valence-electron chi connectivity index (χ0n) is 8.60. The molecule has 17 heavy (non-hydrogen) atoms. The van der Waals surface area contributed by atoms with Gasteiger partial charge in [-0.2, -0.15) is 0 Å². The molecule has 5 heteroatoms. The predicted octanol–water partition coefficient (Wildman–Crippen LogP) is 5.10. The number of Topliss-reactive ketones (excluding diaryl/α,β-unsaturated/α-hetero) is 1. The van der Waals surface area contributed by atoms with Gasteiger partial charge in [-0.15, -0.1) is 34.0 Å². The second-order valence-corrected chi connectivity index (χ2v) is 7.40. The molecule has 0 spiro atoms. The highest BCUT2D eigenvalue weighted by Gasteiger charge is 2.12. The van der Waals surface area contributed by atoms with Gasteiger partial charge in [0, 0.05) is 20.7 Å². The third-order valence-electron chi connectivity index (χ3n) is 2.38. The molecule has 0 atom stereocenters. The fourth-order valence-corrected chi connectivity index (χ4v) is 4.73. The van der Waals surface area contributed by atoms with E-state index < -0.39 is 0 Å². The van der Waals surface area contributed by atoms with Crippen molar-refractivity contribution in [2.24, 2.45) is 0 Å². The summed E-state index contributed by atoms with van der Waals surface area (Å²) >= 11 is 10.6. The second-order valence-electron chi connectivity index (χ2n) is 3.57. The number of hydrogen-bond donors (Lipinski definition) is 0. The molecule has 0 radical (unpaired) electrons. The van der Waals surface area contributed by atoms with Gasteiger partial charge in [-0.1, -0.05) is 11.6 Å².